The molecular weight excluding hydrogens is 272 g/mol. The lowest BCUT2D eigenvalue weighted by atomic mass is 10.2. The van der Waals surface area contributed by atoms with Gasteiger partial charge in [-0.2, -0.15) is 0 Å². The second-order valence-corrected chi connectivity index (χ2v) is 5.37. The van der Waals surface area contributed by atoms with Crippen LogP contribution in [0.15, 0.2) is 42.6 Å². The van der Waals surface area contributed by atoms with Crippen molar-refractivity contribution >= 4 is 5.69 Å². The molecule has 6 heteroatoms. The summed E-state index contributed by atoms with van der Waals surface area (Å²) in [5.74, 6) is 1.12. The lowest BCUT2D eigenvalue weighted by Gasteiger charge is -2.21. The van der Waals surface area contributed by atoms with Crippen molar-refractivity contribution in [3.8, 4) is 17.4 Å². The van der Waals surface area contributed by atoms with Crippen molar-refractivity contribution in [3.05, 3.63) is 52.7 Å². The normalized spacial score (nSPS) is 11.0. The van der Waals surface area contributed by atoms with E-state index >= 15 is 0 Å². The van der Waals surface area contributed by atoms with Crippen LogP contribution in [0.25, 0.3) is 0 Å². The van der Waals surface area contributed by atoms with Gasteiger partial charge in [-0.3, -0.25) is 10.1 Å². The van der Waals surface area contributed by atoms with E-state index in [0.29, 0.717) is 11.5 Å². The van der Waals surface area contributed by atoms with Crippen molar-refractivity contribution in [1.82, 2.24) is 4.98 Å². The first kappa shape index (κ1) is 14.8. The molecule has 0 N–H and O–H groups in total. The average molecular weight is 288 g/mol. The molecule has 110 valence electrons. The van der Waals surface area contributed by atoms with Gasteiger partial charge in [-0.1, -0.05) is 0 Å². The summed E-state index contributed by atoms with van der Waals surface area (Å²) in [4.78, 5) is 14.2. The van der Waals surface area contributed by atoms with Gasteiger partial charge in [0.05, 0.1) is 4.92 Å². The third-order valence-electron chi connectivity index (χ3n) is 2.41. The Bertz CT molecular complexity index is 633. The molecule has 2 aromatic rings. The standard InChI is InChI=1S/C15H16N2O4/c1-15(2,3)21-12-8-6-11(7-9-12)20-14-13(17(18)19)5-4-10-16-14/h4-10H,1-3H3. The van der Waals surface area contributed by atoms with Gasteiger partial charge in [-0.05, 0) is 51.1 Å². The van der Waals surface area contributed by atoms with Crippen LogP contribution in [-0.2, 0) is 0 Å². The Hall–Kier alpha value is -2.63. The highest BCUT2D eigenvalue weighted by atomic mass is 16.6. The Balaban J connectivity index is 2.16. The Morgan fingerprint density at radius 1 is 1.10 bits per heavy atom. The number of pyridine rings is 1. The number of nitro groups is 1. The zero-order valence-corrected chi connectivity index (χ0v) is 12.1. The van der Waals surface area contributed by atoms with E-state index in [4.69, 9.17) is 9.47 Å². The highest BCUT2D eigenvalue weighted by Gasteiger charge is 2.16. The van der Waals surface area contributed by atoms with Crippen LogP contribution >= 0.6 is 0 Å². The largest absolute Gasteiger partial charge is 0.488 e. The van der Waals surface area contributed by atoms with E-state index in [0.717, 1.165) is 0 Å². The molecule has 0 aliphatic heterocycles. The molecule has 1 aromatic carbocycles. The Morgan fingerprint density at radius 3 is 2.29 bits per heavy atom. The molecule has 0 bridgehead atoms. The molecule has 0 fully saturated rings. The van der Waals surface area contributed by atoms with Gasteiger partial charge in [0.15, 0.2) is 0 Å². The van der Waals surface area contributed by atoms with Crippen molar-refractivity contribution in [2.75, 3.05) is 0 Å². The molecule has 0 atom stereocenters. The number of hydrogen-bond donors (Lipinski definition) is 0. The molecule has 6 nitrogen and oxygen atoms in total. The summed E-state index contributed by atoms with van der Waals surface area (Å²) >= 11 is 0. The third kappa shape index (κ3) is 4.17. The van der Waals surface area contributed by atoms with Gasteiger partial charge in [0.25, 0.3) is 5.88 Å². The molecule has 0 saturated carbocycles. The molecule has 21 heavy (non-hydrogen) atoms. The smallest absolute Gasteiger partial charge is 0.331 e. The number of rotatable bonds is 4. The number of hydrogen-bond acceptors (Lipinski definition) is 5. The fourth-order valence-electron chi connectivity index (χ4n) is 1.64. The molecule has 1 heterocycles. The van der Waals surface area contributed by atoms with Crippen LogP contribution in [0.5, 0.6) is 17.4 Å². The van der Waals surface area contributed by atoms with E-state index in [1.165, 1.54) is 18.3 Å². The minimum atomic E-state index is -0.528. The number of ether oxygens (including phenoxy) is 2. The van der Waals surface area contributed by atoms with Gasteiger partial charge in [-0.15, -0.1) is 0 Å². The molecule has 0 unspecified atom stereocenters. The van der Waals surface area contributed by atoms with Crippen LogP contribution in [-0.4, -0.2) is 15.5 Å². The fraction of sp³-hybridized carbons (Fsp3) is 0.267. The lowest BCUT2D eigenvalue weighted by Crippen LogP contribution is -2.22. The van der Waals surface area contributed by atoms with E-state index in [-0.39, 0.29) is 17.2 Å². The van der Waals surface area contributed by atoms with Crippen LogP contribution in [0.2, 0.25) is 0 Å². The Kier molecular flexibility index (Phi) is 4.07. The van der Waals surface area contributed by atoms with Crippen LogP contribution in [0.3, 0.4) is 0 Å². The SMILES string of the molecule is CC(C)(C)Oc1ccc(Oc2ncccc2[N+](=O)[O-])cc1. The molecule has 0 spiro atoms. The minimum Gasteiger partial charge on any atom is -0.488 e. The number of nitrogens with zero attached hydrogens (tertiary/aromatic N) is 2. The minimum absolute atomic E-state index is 0.0352. The summed E-state index contributed by atoms with van der Waals surface area (Å²) in [6.07, 6.45) is 1.44. The Morgan fingerprint density at radius 2 is 1.71 bits per heavy atom. The summed E-state index contributed by atoms with van der Waals surface area (Å²) in [6, 6.07) is 9.69. The van der Waals surface area contributed by atoms with E-state index in [1.807, 2.05) is 20.8 Å². The maximum atomic E-state index is 10.9. The summed E-state index contributed by atoms with van der Waals surface area (Å²) in [6.45, 7) is 5.86. The van der Waals surface area contributed by atoms with Crippen molar-refractivity contribution in [3.63, 3.8) is 0 Å². The van der Waals surface area contributed by atoms with Gasteiger partial charge >= 0.3 is 5.69 Å². The second kappa shape index (κ2) is 5.78. The average Bonchev–Trinajstić information content (AvgIpc) is 2.40. The molecule has 2 rings (SSSR count). The van der Waals surface area contributed by atoms with Crippen molar-refractivity contribution in [1.29, 1.82) is 0 Å². The predicted molar refractivity (Wildman–Crippen MR) is 77.8 cm³/mol. The summed E-state index contributed by atoms with van der Waals surface area (Å²) in [5, 5.41) is 10.9. The van der Waals surface area contributed by atoms with Gasteiger partial charge in [0.2, 0.25) is 0 Å². The molecule has 0 aliphatic rings. The fourth-order valence-corrected chi connectivity index (χ4v) is 1.64. The first-order chi connectivity index (χ1) is 9.85. The van der Waals surface area contributed by atoms with Crippen LogP contribution in [0.1, 0.15) is 20.8 Å². The highest BCUT2D eigenvalue weighted by Crippen LogP contribution is 2.29. The maximum absolute atomic E-state index is 10.9. The third-order valence-corrected chi connectivity index (χ3v) is 2.41. The van der Waals surface area contributed by atoms with Crippen LogP contribution < -0.4 is 9.47 Å². The zero-order chi connectivity index (χ0) is 15.5. The van der Waals surface area contributed by atoms with Gasteiger partial charge in [0.1, 0.15) is 17.1 Å². The van der Waals surface area contributed by atoms with Crippen molar-refractivity contribution in [2.24, 2.45) is 0 Å². The molecule has 0 radical (unpaired) electrons. The van der Waals surface area contributed by atoms with Crippen molar-refractivity contribution < 1.29 is 14.4 Å². The lowest BCUT2D eigenvalue weighted by molar-refractivity contribution is -0.386. The molecular formula is C15H16N2O4. The van der Waals surface area contributed by atoms with Gasteiger partial charge in [-0.25, -0.2) is 4.98 Å². The summed E-state index contributed by atoms with van der Waals surface area (Å²) in [5.41, 5.74) is -0.463. The van der Waals surface area contributed by atoms with E-state index in [1.54, 1.807) is 24.3 Å². The number of benzene rings is 1. The zero-order valence-electron chi connectivity index (χ0n) is 12.1. The van der Waals surface area contributed by atoms with Gasteiger partial charge < -0.3 is 9.47 Å². The maximum Gasteiger partial charge on any atom is 0.331 e. The topological polar surface area (TPSA) is 74.5 Å². The Labute approximate surface area is 122 Å². The summed E-state index contributed by atoms with van der Waals surface area (Å²) in [7, 11) is 0. The quantitative estimate of drug-likeness (QED) is 0.628. The molecule has 0 aliphatic carbocycles. The molecule has 0 saturated heterocycles. The van der Waals surface area contributed by atoms with Crippen LogP contribution in [0.4, 0.5) is 5.69 Å². The first-order valence-electron chi connectivity index (χ1n) is 6.41. The van der Waals surface area contributed by atoms with Crippen LogP contribution in [0, 0.1) is 10.1 Å². The summed E-state index contributed by atoms with van der Waals surface area (Å²) < 4.78 is 11.1. The second-order valence-electron chi connectivity index (χ2n) is 5.37. The first-order valence-corrected chi connectivity index (χ1v) is 6.41. The molecule has 1 aromatic heterocycles. The van der Waals surface area contributed by atoms with Crippen molar-refractivity contribution in [2.45, 2.75) is 26.4 Å². The number of aromatic nitrogens is 1. The van der Waals surface area contributed by atoms with E-state index in [2.05, 4.69) is 4.98 Å². The van der Waals surface area contributed by atoms with E-state index in [9.17, 15) is 10.1 Å². The van der Waals surface area contributed by atoms with E-state index < -0.39 is 4.92 Å². The monoisotopic (exact) mass is 288 g/mol. The predicted octanol–water partition coefficient (Wildman–Crippen LogP) is 3.96. The van der Waals surface area contributed by atoms with Gasteiger partial charge in [0, 0.05) is 12.3 Å². The molecule has 0 amide bonds. The highest BCUT2D eigenvalue weighted by molar-refractivity contribution is 5.43.